The fourth-order valence-electron chi connectivity index (χ4n) is 0.868. The zero-order valence-electron chi connectivity index (χ0n) is 6.90. The third-order valence-corrected chi connectivity index (χ3v) is 1.45. The summed E-state index contributed by atoms with van der Waals surface area (Å²) >= 11 is 0. The fourth-order valence-corrected chi connectivity index (χ4v) is 0.868. The third kappa shape index (κ3) is 2.06. The average molecular weight is 168 g/mol. The number of primary amides is 1. The largest absolute Gasteiger partial charge is 0.368 e. The number of rotatable bonds is 3. The van der Waals surface area contributed by atoms with Crippen molar-refractivity contribution in [1.82, 2.24) is 9.78 Å². The van der Waals surface area contributed by atoms with Crippen LogP contribution in [0.4, 0.5) is 0 Å². The van der Waals surface area contributed by atoms with Crippen molar-refractivity contribution in [1.29, 1.82) is 0 Å². The summed E-state index contributed by atoms with van der Waals surface area (Å²) in [6.07, 6.45) is 1.68. The summed E-state index contributed by atoms with van der Waals surface area (Å²) in [5.74, 6) is -0.408. The second-order valence-corrected chi connectivity index (χ2v) is 2.69. The lowest BCUT2D eigenvalue weighted by Crippen LogP contribution is -2.19. The van der Waals surface area contributed by atoms with Crippen molar-refractivity contribution in [3.63, 3.8) is 0 Å². The molecular weight excluding hydrogens is 156 g/mol. The zero-order chi connectivity index (χ0) is 9.14. The molecule has 1 heterocycles. The van der Waals surface area contributed by atoms with E-state index in [0.29, 0.717) is 0 Å². The third-order valence-electron chi connectivity index (χ3n) is 1.45. The SMILES string of the molecule is CC(N)c1ccn(CC(N)=O)n1. The van der Waals surface area contributed by atoms with Gasteiger partial charge in [0.05, 0.1) is 5.69 Å². The first kappa shape index (κ1) is 8.73. The Balaban J connectivity index is 2.70. The number of hydrogen-bond donors (Lipinski definition) is 2. The van der Waals surface area contributed by atoms with Crippen LogP contribution in [0.3, 0.4) is 0 Å². The van der Waals surface area contributed by atoms with Crippen LogP contribution in [-0.2, 0) is 11.3 Å². The van der Waals surface area contributed by atoms with Crippen LogP contribution >= 0.6 is 0 Å². The summed E-state index contributed by atoms with van der Waals surface area (Å²) in [7, 11) is 0. The van der Waals surface area contributed by atoms with Gasteiger partial charge in [0.25, 0.3) is 0 Å². The fraction of sp³-hybridized carbons (Fsp3) is 0.429. The van der Waals surface area contributed by atoms with E-state index in [9.17, 15) is 4.79 Å². The number of aromatic nitrogens is 2. The summed E-state index contributed by atoms with van der Waals surface area (Å²) in [5, 5.41) is 4.04. The molecule has 0 radical (unpaired) electrons. The van der Waals surface area contributed by atoms with Gasteiger partial charge in [-0.25, -0.2) is 0 Å². The molecule has 1 unspecified atom stereocenters. The van der Waals surface area contributed by atoms with Crippen molar-refractivity contribution in [2.75, 3.05) is 0 Å². The predicted molar refractivity (Wildman–Crippen MR) is 44.0 cm³/mol. The van der Waals surface area contributed by atoms with E-state index < -0.39 is 5.91 Å². The standard InChI is InChI=1S/C7H12N4O/c1-5(8)6-2-3-11(10-6)4-7(9)12/h2-3,5H,4,8H2,1H3,(H2,9,12). The molecule has 12 heavy (non-hydrogen) atoms. The van der Waals surface area contributed by atoms with Crippen molar-refractivity contribution >= 4 is 5.91 Å². The molecule has 0 aliphatic carbocycles. The highest BCUT2D eigenvalue weighted by Crippen LogP contribution is 2.04. The minimum absolute atomic E-state index is 0.104. The van der Waals surface area contributed by atoms with E-state index in [0.717, 1.165) is 5.69 Å². The Morgan fingerprint density at radius 1 is 1.83 bits per heavy atom. The topological polar surface area (TPSA) is 86.9 Å². The highest BCUT2D eigenvalue weighted by molar-refractivity contribution is 5.73. The van der Waals surface area contributed by atoms with Gasteiger partial charge in [-0.15, -0.1) is 0 Å². The van der Waals surface area contributed by atoms with Crippen molar-refractivity contribution in [3.8, 4) is 0 Å². The van der Waals surface area contributed by atoms with E-state index in [4.69, 9.17) is 11.5 Å². The molecule has 1 atom stereocenters. The molecule has 1 aromatic heterocycles. The summed E-state index contributed by atoms with van der Waals surface area (Å²) in [6, 6.07) is 1.66. The van der Waals surface area contributed by atoms with Gasteiger partial charge < -0.3 is 11.5 Å². The van der Waals surface area contributed by atoms with Crippen LogP contribution in [0.25, 0.3) is 0 Å². The Morgan fingerprint density at radius 2 is 2.50 bits per heavy atom. The summed E-state index contributed by atoms with van der Waals surface area (Å²) in [5.41, 5.74) is 11.3. The lowest BCUT2D eigenvalue weighted by atomic mass is 10.3. The van der Waals surface area contributed by atoms with Crippen molar-refractivity contribution in [2.24, 2.45) is 11.5 Å². The first-order valence-corrected chi connectivity index (χ1v) is 3.67. The molecule has 1 rings (SSSR count). The quantitative estimate of drug-likeness (QED) is 0.631. The molecule has 5 heteroatoms. The van der Waals surface area contributed by atoms with Gasteiger partial charge in [-0.1, -0.05) is 0 Å². The number of carbonyl (C=O) groups is 1. The minimum Gasteiger partial charge on any atom is -0.368 e. The molecule has 0 saturated carbocycles. The maximum atomic E-state index is 10.5. The number of hydrogen-bond acceptors (Lipinski definition) is 3. The Labute approximate surface area is 70.3 Å². The maximum absolute atomic E-state index is 10.5. The molecule has 0 saturated heterocycles. The van der Waals surface area contributed by atoms with E-state index in [1.807, 2.05) is 6.92 Å². The van der Waals surface area contributed by atoms with E-state index in [1.165, 1.54) is 4.68 Å². The second-order valence-electron chi connectivity index (χ2n) is 2.69. The van der Waals surface area contributed by atoms with E-state index in [2.05, 4.69) is 5.10 Å². The normalized spacial score (nSPS) is 12.8. The molecule has 1 amide bonds. The molecule has 0 aliphatic heterocycles. The predicted octanol–water partition coefficient (Wildman–Crippen LogP) is -0.612. The molecule has 0 spiro atoms. The van der Waals surface area contributed by atoms with E-state index in [-0.39, 0.29) is 12.6 Å². The van der Waals surface area contributed by atoms with Gasteiger partial charge in [-0.2, -0.15) is 5.10 Å². The maximum Gasteiger partial charge on any atom is 0.239 e. The van der Waals surface area contributed by atoms with Crippen LogP contribution in [0.1, 0.15) is 18.7 Å². The molecule has 66 valence electrons. The second kappa shape index (κ2) is 3.36. The van der Waals surface area contributed by atoms with Crippen LogP contribution in [-0.4, -0.2) is 15.7 Å². The molecule has 0 aromatic carbocycles. The van der Waals surface area contributed by atoms with E-state index >= 15 is 0 Å². The molecule has 5 nitrogen and oxygen atoms in total. The Hall–Kier alpha value is -1.36. The van der Waals surface area contributed by atoms with Gasteiger partial charge in [0.15, 0.2) is 0 Å². The van der Waals surface area contributed by atoms with Gasteiger partial charge in [0.2, 0.25) is 5.91 Å². The number of nitrogens with zero attached hydrogens (tertiary/aromatic N) is 2. The summed E-state index contributed by atoms with van der Waals surface area (Å²) in [6.45, 7) is 1.93. The monoisotopic (exact) mass is 168 g/mol. The highest BCUT2D eigenvalue weighted by atomic mass is 16.1. The van der Waals surface area contributed by atoms with Crippen LogP contribution < -0.4 is 11.5 Å². The Bertz CT molecular complexity index is 279. The molecule has 0 aliphatic rings. The molecule has 1 aromatic rings. The van der Waals surface area contributed by atoms with Gasteiger partial charge in [-0.05, 0) is 13.0 Å². The van der Waals surface area contributed by atoms with Crippen LogP contribution in [0, 0.1) is 0 Å². The van der Waals surface area contributed by atoms with Gasteiger partial charge in [0.1, 0.15) is 6.54 Å². The summed E-state index contributed by atoms with van der Waals surface area (Å²) < 4.78 is 1.47. The van der Waals surface area contributed by atoms with Crippen LogP contribution in [0.5, 0.6) is 0 Å². The van der Waals surface area contributed by atoms with Gasteiger partial charge in [-0.3, -0.25) is 9.48 Å². The lowest BCUT2D eigenvalue weighted by molar-refractivity contribution is -0.118. The van der Waals surface area contributed by atoms with E-state index in [1.54, 1.807) is 12.3 Å². The first-order valence-electron chi connectivity index (χ1n) is 3.67. The van der Waals surface area contributed by atoms with Crippen molar-refractivity contribution < 1.29 is 4.79 Å². The summed E-state index contributed by atoms with van der Waals surface area (Å²) in [4.78, 5) is 10.5. The van der Waals surface area contributed by atoms with Crippen LogP contribution in [0.2, 0.25) is 0 Å². The van der Waals surface area contributed by atoms with Crippen molar-refractivity contribution in [3.05, 3.63) is 18.0 Å². The molecule has 4 N–H and O–H groups in total. The number of nitrogens with two attached hydrogens (primary N) is 2. The highest BCUT2D eigenvalue weighted by Gasteiger charge is 2.04. The number of amides is 1. The zero-order valence-corrected chi connectivity index (χ0v) is 6.90. The first-order chi connectivity index (χ1) is 5.59. The van der Waals surface area contributed by atoms with Crippen LogP contribution in [0.15, 0.2) is 12.3 Å². The molecule has 0 bridgehead atoms. The van der Waals surface area contributed by atoms with Crippen molar-refractivity contribution in [2.45, 2.75) is 19.5 Å². The smallest absolute Gasteiger partial charge is 0.239 e. The lowest BCUT2D eigenvalue weighted by Gasteiger charge is -1.98. The Kier molecular flexibility index (Phi) is 2.44. The number of carbonyl (C=O) groups excluding carboxylic acids is 1. The minimum atomic E-state index is -0.408. The average Bonchev–Trinajstić information content (AvgIpc) is 2.34. The van der Waals surface area contributed by atoms with Gasteiger partial charge in [0, 0.05) is 12.2 Å². The molecule has 0 fully saturated rings. The van der Waals surface area contributed by atoms with Gasteiger partial charge >= 0.3 is 0 Å². The molecular formula is C7H12N4O. The Morgan fingerprint density at radius 3 is 2.92 bits per heavy atom.